The van der Waals surface area contributed by atoms with E-state index in [-0.39, 0.29) is 17.3 Å². The van der Waals surface area contributed by atoms with Crippen molar-refractivity contribution in [3.8, 4) is 0 Å². The molecule has 4 nitrogen and oxygen atoms in total. The van der Waals surface area contributed by atoms with Gasteiger partial charge in [0.1, 0.15) is 5.82 Å². The van der Waals surface area contributed by atoms with Gasteiger partial charge in [-0.1, -0.05) is 18.2 Å². The zero-order valence-corrected chi connectivity index (χ0v) is 13.7. The molecule has 1 N–H and O–H groups in total. The molecule has 1 atom stereocenters. The molecule has 1 amide bonds. The Bertz CT molecular complexity index is 726. The molecular weight excluding hydrogens is 309 g/mol. The van der Waals surface area contributed by atoms with E-state index in [0.717, 1.165) is 0 Å². The molecule has 0 saturated carbocycles. The first-order chi connectivity index (χ1) is 11.4. The number of benzene rings is 2. The van der Waals surface area contributed by atoms with E-state index in [1.165, 1.54) is 29.2 Å². The van der Waals surface area contributed by atoms with Crippen LogP contribution in [0.4, 0.5) is 4.39 Å². The molecule has 0 heterocycles. The van der Waals surface area contributed by atoms with Crippen LogP contribution in [-0.4, -0.2) is 41.4 Å². The lowest BCUT2D eigenvalue weighted by molar-refractivity contribution is 0.0764. The van der Waals surface area contributed by atoms with Crippen molar-refractivity contribution in [2.45, 2.75) is 19.4 Å². The van der Waals surface area contributed by atoms with Gasteiger partial charge < -0.3 is 10.0 Å². The van der Waals surface area contributed by atoms with Crippen LogP contribution in [0.15, 0.2) is 48.5 Å². The largest absolute Gasteiger partial charge is 0.393 e. The van der Waals surface area contributed by atoms with Gasteiger partial charge in [0.25, 0.3) is 5.91 Å². The fraction of sp³-hybridized carbons (Fsp3) is 0.263. The highest BCUT2D eigenvalue weighted by Gasteiger charge is 2.20. The molecule has 0 spiro atoms. The van der Waals surface area contributed by atoms with E-state index in [2.05, 4.69) is 0 Å². The van der Waals surface area contributed by atoms with Gasteiger partial charge >= 0.3 is 0 Å². The number of aliphatic hydroxyl groups is 1. The van der Waals surface area contributed by atoms with Crippen LogP contribution >= 0.6 is 0 Å². The molecule has 0 fully saturated rings. The first-order valence-electron chi connectivity index (χ1n) is 7.73. The van der Waals surface area contributed by atoms with Gasteiger partial charge in [-0.05, 0) is 43.7 Å². The van der Waals surface area contributed by atoms with E-state index in [1.807, 2.05) is 0 Å². The molecule has 2 rings (SSSR count). The summed E-state index contributed by atoms with van der Waals surface area (Å²) >= 11 is 0. The monoisotopic (exact) mass is 329 g/mol. The van der Waals surface area contributed by atoms with E-state index in [4.69, 9.17) is 0 Å². The number of ketones is 1. The number of carbonyl (C=O) groups is 2. The molecule has 0 saturated heterocycles. The Kier molecular flexibility index (Phi) is 5.82. The van der Waals surface area contributed by atoms with Gasteiger partial charge in [-0.2, -0.15) is 0 Å². The maximum absolute atomic E-state index is 13.0. The molecule has 5 heteroatoms. The molecule has 0 radical (unpaired) electrons. The lowest BCUT2D eigenvalue weighted by Crippen LogP contribution is -2.30. The van der Waals surface area contributed by atoms with Crippen LogP contribution in [0.5, 0.6) is 0 Å². The van der Waals surface area contributed by atoms with Gasteiger partial charge in [0.15, 0.2) is 5.78 Å². The molecule has 2 aromatic rings. The molecular formula is C19H20FNO3. The molecule has 2 aromatic carbocycles. The first-order valence-corrected chi connectivity index (χ1v) is 7.73. The summed E-state index contributed by atoms with van der Waals surface area (Å²) in [4.78, 5) is 26.7. The highest BCUT2D eigenvalue weighted by atomic mass is 19.1. The highest BCUT2D eigenvalue weighted by molar-refractivity contribution is 6.15. The minimum absolute atomic E-state index is 0.276. The first kappa shape index (κ1) is 17.8. The standard InChI is InChI=1S/C19H20FNO3/c1-13(22)11-12-21(2)19(24)17-6-4-3-5-16(17)18(23)14-7-9-15(20)10-8-14/h3-10,13,22H,11-12H2,1-2H3. The second kappa shape index (κ2) is 7.84. The third-order valence-electron chi connectivity index (χ3n) is 3.74. The Morgan fingerprint density at radius 2 is 1.67 bits per heavy atom. The Hall–Kier alpha value is -2.53. The maximum atomic E-state index is 13.0. The summed E-state index contributed by atoms with van der Waals surface area (Å²) in [5, 5.41) is 9.34. The summed E-state index contributed by atoms with van der Waals surface area (Å²) in [6, 6.07) is 11.8. The van der Waals surface area contributed by atoms with E-state index in [1.54, 1.807) is 38.2 Å². The second-order valence-corrected chi connectivity index (χ2v) is 5.75. The Labute approximate surface area is 140 Å². The van der Waals surface area contributed by atoms with Crippen LogP contribution in [0.3, 0.4) is 0 Å². The number of rotatable bonds is 6. The predicted molar refractivity (Wildman–Crippen MR) is 89.5 cm³/mol. The van der Waals surface area contributed by atoms with Crippen LogP contribution in [0.2, 0.25) is 0 Å². The Morgan fingerprint density at radius 1 is 1.08 bits per heavy atom. The average molecular weight is 329 g/mol. The van der Waals surface area contributed by atoms with Crippen molar-refractivity contribution in [3.63, 3.8) is 0 Å². The molecule has 1 unspecified atom stereocenters. The van der Waals surface area contributed by atoms with E-state index in [9.17, 15) is 19.1 Å². The van der Waals surface area contributed by atoms with Crippen molar-refractivity contribution in [2.24, 2.45) is 0 Å². The van der Waals surface area contributed by atoms with Gasteiger partial charge in [0.2, 0.25) is 0 Å². The van der Waals surface area contributed by atoms with E-state index < -0.39 is 11.9 Å². The summed E-state index contributed by atoms with van der Waals surface area (Å²) in [7, 11) is 1.63. The van der Waals surface area contributed by atoms with E-state index in [0.29, 0.717) is 24.1 Å². The zero-order valence-electron chi connectivity index (χ0n) is 13.7. The van der Waals surface area contributed by atoms with Crippen LogP contribution in [0, 0.1) is 5.82 Å². The molecule has 0 aliphatic rings. The van der Waals surface area contributed by atoms with E-state index >= 15 is 0 Å². The SMILES string of the molecule is CC(O)CCN(C)C(=O)c1ccccc1C(=O)c1ccc(F)cc1. The van der Waals surface area contributed by atoms with Crippen molar-refractivity contribution in [1.82, 2.24) is 4.90 Å². The molecule has 0 aromatic heterocycles. The highest BCUT2D eigenvalue weighted by Crippen LogP contribution is 2.17. The number of amides is 1. The van der Waals surface area contributed by atoms with Crippen LogP contribution in [-0.2, 0) is 0 Å². The normalized spacial score (nSPS) is 11.8. The minimum Gasteiger partial charge on any atom is -0.393 e. The summed E-state index contributed by atoms with van der Waals surface area (Å²) in [6.45, 7) is 2.04. The Balaban J connectivity index is 2.28. The van der Waals surface area contributed by atoms with Gasteiger partial charge in [0.05, 0.1) is 11.7 Å². The summed E-state index contributed by atoms with van der Waals surface area (Å²) in [5.41, 5.74) is 0.890. The lowest BCUT2D eigenvalue weighted by atomic mass is 9.97. The van der Waals surface area contributed by atoms with Crippen LogP contribution < -0.4 is 0 Å². The number of hydrogen-bond acceptors (Lipinski definition) is 3. The number of carbonyl (C=O) groups excluding carboxylic acids is 2. The van der Waals surface area contributed by atoms with Crippen molar-refractivity contribution in [1.29, 1.82) is 0 Å². The maximum Gasteiger partial charge on any atom is 0.254 e. The second-order valence-electron chi connectivity index (χ2n) is 5.75. The number of aliphatic hydroxyl groups excluding tert-OH is 1. The molecule has 0 aliphatic carbocycles. The summed E-state index contributed by atoms with van der Waals surface area (Å²) in [5.74, 6) is -1.04. The lowest BCUT2D eigenvalue weighted by Gasteiger charge is -2.19. The third-order valence-corrected chi connectivity index (χ3v) is 3.74. The number of halogens is 1. The van der Waals surface area contributed by atoms with Gasteiger partial charge in [0, 0.05) is 24.7 Å². The average Bonchev–Trinajstić information content (AvgIpc) is 2.59. The topological polar surface area (TPSA) is 57.6 Å². The third kappa shape index (κ3) is 4.26. The summed E-state index contributed by atoms with van der Waals surface area (Å²) in [6.07, 6.45) is -0.0487. The fourth-order valence-corrected chi connectivity index (χ4v) is 2.31. The minimum atomic E-state index is -0.503. The van der Waals surface area contributed by atoms with Gasteiger partial charge in [-0.25, -0.2) is 4.39 Å². The molecule has 126 valence electrons. The number of hydrogen-bond donors (Lipinski definition) is 1. The Morgan fingerprint density at radius 3 is 2.25 bits per heavy atom. The zero-order chi connectivity index (χ0) is 17.7. The van der Waals surface area contributed by atoms with Crippen molar-refractivity contribution in [3.05, 3.63) is 71.0 Å². The van der Waals surface area contributed by atoms with Crippen molar-refractivity contribution >= 4 is 11.7 Å². The van der Waals surface area contributed by atoms with Gasteiger partial charge in [-0.15, -0.1) is 0 Å². The van der Waals surface area contributed by atoms with Crippen molar-refractivity contribution < 1.29 is 19.1 Å². The van der Waals surface area contributed by atoms with Crippen LogP contribution in [0.25, 0.3) is 0 Å². The summed E-state index contributed by atoms with van der Waals surface area (Å²) < 4.78 is 13.0. The molecule has 0 aliphatic heterocycles. The predicted octanol–water partition coefficient (Wildman–Crippen LogP) is 2.90. The van der Waals surface area contributed by atoms with Crippen LogP contribution in [0.1, 0.15) is 39.6 Å². The number of nitrogens with zero attached hydrogens (tertiary/aromatic N) is 1. The quantitative estimate of drug-likeness (QED) is 0.829. The van der Waals surface area contributed by atoms with Gasteiger partial charge in [-0.3, -0.25) is 9.59 Å². The fourth-order valence-electron chi connectivity index (χ4n) is 2.31. The smallest absolute Gasteiger partial charge is 0.254 e. The van der Waals surface area contributed by atoms with Crippen molar-refractivity contribution in [2.75, 3.05) is 13.6 Å². The molecule has 24 heavy (non-hydrogen) atoms. The molecule has 0 bridgehead atoms.